The summed E-state index contributed by atoms with van der Waals surface area (Å²) in [6.45, 7) is 8.05. The zero-order valence-corrected chi connectivity index (χ0v) is 11.5. The maximum atomic E-state index is 12.0. The van der Waals surface area contributed by atoms with Crippen LogP contribution in [0.5, 0.6) is 0 Å². The van der Waals surface area contributed by atoms with Crippen molar-refractivity contribution in [3.8, 4) is 0 Å². The molecular formula is C15H17NO4. The average Bonchev–Trinajstić information content (AvgIpc) is 2.67. The summed E-state index contributed by atoms with van der Waals surface area (Å²) in [6, 6.07) is 4.78. The molecule has 1 amide bonds. The number of carboxylic acid groups (broad SMARTS) is 1. The van der Waals surface area contributed by atoms with Gasteiger partial charge in [-0.3, -0.25) is 4.90 Å². The van der Waals surface area contributed by atoms with Crippen LogP contribution in [0.15, 0.2) is 30.9 Å². The number of hydrogen-bond donors (Lipinski definition) is 1. The van der Waals surface area contributed by atoms with Crippen molar-refractivity contribution in [2.24, 2.45) is 0 Å². The van der Waals surface area contributed by atoms with Gasteiger partial charge in [-0.15, -0.1) is 0 Å². The number of hydrogen-bond acceptors (Lipinski definition) is 3. The molecule has 1 aromatic carbocycles. The molecule has 0 fully saturated rings. The maximum absolute atomic E-state index is 12.0. The lowest BCUT2D eigenvalue weighted by Crippen LogP contribution is -2.34. The summed E-state index contributed by atoms with van der Waals surface area (Å²) in [5.74, 6) is -0.976. The van der Waals surface area contributed by atoms with Crippen molar-refractivity contribution in [2.75, 3.05) is 18.1 Å². The second-order valence-corrected chi connectivity index (χ2v) is 5.37. The summed E-state index contributed by atoms with van der Waals surface area (Å²) in [5.41, 5.74) is 1.45. The molecule has 1 aliphatic rings. The first kappa shape index (κ1) is 14.1. The van der Waals surface area contributed by atoms with Gasteiger partial charge in [0.05, 0.1) is 11.3 Å². The van der Waals surface area contributed by atoms with Crippen LogP contribution in [0.3, 0.4) is 0 Å². The topological polar surface area (TPSA) is 66.8 Å². The van der Waals surface area contributed by atoms with Crippen LogP contribution in [0.2, 0.25) is 0 Å². The number of benzene rings is 1. The van der Waals surface area contributed by atoms with Crippen LogP contribution in [0, 0.1) is 0 Å². The van der Waals surface area contributed by atoms with Crippen LogP contribution in [-0.4, -0.2) is 30.3 Å². The maximum Gasteiger partial charge on any atom is 0.414 e. The van der Waals surface area contributed by atoms with E-state index in [-0.39, 0.29) is 17.6 Å². The number of carboxylic acids is 1. The fraction of sp³-hybridized carbons (Fsp3) is 0.333. The minimum Gasteiger partial charge on any atom is -0.478 e. The normalized spacial score (nSPS) is 15.6. The third-order valence-corrected chi connectivity index (χ3v) is 3.36. The van der Waals surface area contributed by atoms with Crippen molar-refractivity contribution < 1.29 is 19.4 Å². The number of carbonyl (C=O) groups excluding carboxylic acids is 1. The first-order chi connectivity index (χ1) is 9.36. The molecule has 2 rings (SSSR count). The molecule has 20 heavy (non-hydrogen) atoms. The molecule has 0 aliphatic carbocycles. The number of aromatic carboxylic acids is 1. The molecule has 106 valence electrons. The van der Waals surface area contributed by atoms with Crippen LogP contribution in [0.4, 0.5) is 10.5 Å². The van der Waals surface area contributed by atoms with Gasteiger partial charge in [-0.1, -0.05) is 26.5 Å². The van der Waals surface area contributed by atoms with Crippen LogP contribution >= 0.6 is 0 Å². The Labute approximate surface area is 117 Å². The van der Waals surface area contributed by atoms with Crippen molar-refractivity contribution in [3.05, 3.63) is 42.0 Å². The summed E-state index contributed by atoms with van der Waals surface area (Å²) in [7, 11) is 0. The van der Waals surface area contributed by atoms with Gasteiger partial charge in [0.1, 0.15) is 6.61 Å². The quantitative estimate of drug-likeness (QED) is 0.861. The van der Waals surface area contributed by atoms with E-state index in [0.29, 0.717) is 12.2 Å². The molecule has 0 aromatic heterocycles. The Morgan fingerprint density at radius 3 is 2.80 bits per heavy atom. The lowest BCUT2D eigenvalue weighted by molar-refractivity contribution is 0.0696. The molecule has 1 heterocycles. The molecule has 1 aromatic rings. The lowest BCUT2D eigenvalue weighted by atomic mass is 9.86. The molecule has 0 saturated carbocycles. The molecule has 0 unspecified atom stereocenters. The smallest absolute Gasteiger partial charge is 0.414 e. The van der Waals surface area contributed by atoms with Crippen LogP contribution in [0.25, 0.3) is 0 Å². The number of fused-ring (bicyclic) bond motifs is 1. The van der Waals surface area contributed by atoms with Gasteiger partial charge < -0.3 is 9.84 Å². The molecule has 0 spiro atoms. The lowest BCUT2D eigenvalue weighted by Gasteiger charge is -2.20. The zero-order chi connectivity index (χ0) is 14.9. The molecule has 1 N–H and O–H groups in total. The van der Waals surface area contributed by atoms with Crippen molar-refractivity contribution in [2.45, 2.75) is 19.3 Å². The number of ether oxygens (including phenoxy) is 1. The number of amides is 1. The highest BCUT2D eigenvalue weighted by Crippen LogP contribution is 2.41. The molecular weight excluding hydrogens is 258 g/mol. The highest BCUT2D eigenvalue weighted by molar-refractivity contribution is 5.94. The minimum absolute atomic E-state index is 0.151. The first-order valence-corrected chi connectivity index (χ1v) is 6.30. The molecule has 1 aliphatic heterocycles. The van der Waals surface area contributed by atoms with Gasteiger partial charge in [-0.25, -0.2) is 9.59 Å². The van der Waals surface area contributed by atoms with Gasteiger partial charge >= 0.3 is 12.1 Å². The van der Waals surface area contributed by atoms with Gasteiger partial charge in [-0.05, 0) is 23.8 Å². The summed E-state index contributed by atoms with van der Waals surface area (Å²) >= 11 is 0. The minimum atomic E-state index is -0.976. The van der Waals surface area contributed by atoms with Gasteiger partial charge in [0.25, 0.3) is 0 Å². The van der Waals surface area contributed by atoms with E-state index in [1.165, 1.54) is 17.0 Å². The van der Waals surface area contributed by atoms with E-state index in [2.05, 4.69) is 6.58 Å². The van der Waals surface area contributed by atoms with Gasteiger partial charge in [-0.2, -0.15) is 0 Å². The molecule has 0 bridgehead atoms. The Morgan fingerprint density at radius 1 is 1.50 bits per heavy atom. The average molecular weight is 275 g/mol. The Balaban J connectivity index is 2.38. The molecule has 0 radical (unpaired) electrons. The Hall–Kier alpha value is -2.30. The Kier molecular flexibility index (Phi) is 3.53. The van der Waals surface area contributed by atoms with E-state index in [4.69, 9.17) is 9.84 Å². The second-order valence-electron chi connectivity index (χ2n) is 5.37. The van der Waals surface area contributed by atoms with Crippen LogP contribution in [0.1, 0.15) is 29.8 Å². The monoisotopic (exact) mass is 275 g/mol. The standard InChI is InChI=1S/C15H17NO4/c1-4-7-20-14(19)16-9-15(2,3)11-8-10(13(17)18)5-6-12(11)16/h4-6,8H,1,7,9H2,2-3H3,(H,17,18). The van der Waals surface area contributed by atoms with Crippen molar-refractivity contribution in [3.63, 3.8) is 0 Å². The SMILES string of the molecule is C=CCOC(=O)N1CC(C)(C)c2cc(C(=O)O)ccc21. The predicted octanol–water partition coefficient (Wildman–Crippen LogP) is 2.81. The van der Waals surface area contributed by atoms with Crippen molar-refractivity contribution in [1.29, 1.82) is 0 Å². The van der Waals surface area contributed by atoms with E-state index in [9.17, 15) is 9.59 Å². The van der Waals surface area contributed by atoms with Crippen LogP contribution in [-0.2, 0) is 10.2 Å². The van der Waals surface area contributed by atoms with Crippen molar-refractivity contribution in [1.82, 2.24) is 0 Å². The van der Waals surface area contributed by atoms with E-state index >= 15 is 0 Å². The number of rotatable bonds is 3. The Morgan fingerprint density at radius 2 is 2.20 bits per heavy atom. The second kappa shape index (κ2) is 5.00. The van der Waals surface area contributed by atoms with Gasteiger partial charge in [0.15, 0.2) is 0 Å². The number of carbonyl (C=O) groups is 2. The van der Waals surface area contributed by atoms with E-state index in [1.54, 1.807) is 12.1 Å². The van der Waals surface area contributed by atoms with E-state index in [1.807, 2.05) is 13.8 Å². The highest BCUT2D eigenvalue weighted by atomic mass is 16.6. The summed E-state index contributed by atoms with van der Waals surface area (Å²) in [6.07, 6.45) is 1.06. The summed E-state index contributed by atoms with van der Waals surface area (Å²) in [5, 5.41) is 9.06. The van der Waals surface area contributed by atoms with E-state index < -0.39 is 12.1 Å². The molecule has 5 heteroatoms. The summed E-state index contributed by atoms with van der Waals surface area (Å²) < 4.78 is 5.06. The third kappa shape index (κ3) is 2.39. The molecule has 0 atom stereocenters. The van der Waals surface area contributed by atoms with E-state index in [0.717, 1.165) is 5.56 Å². The predicted molar refractivity (Wildman–Crippen MR) is 75.3 cm³/mol. The van der Waals surface area contributed by atoms with Gasteiger partial charge in [0.2, 0.25) is 0 Å². The largest absolute Gasteiger partial charge is 0.478 e. The number of nitrogens with zero attached hydrogens (tertiary/aromatic N) is 1. The molecule has 0 saturated heterocycles. The first-order valence-electron chi connectivity index (χ1n) is 6.30. The Bertz CT molecular complexity index is 577. The van der Waals surface area contributed by atoms with Gasteiger partial charge in [0, 0.05) is 12.0 Å². The van der Waals surface area contributed by atoms with Crippen LogP contribution < -0.4 is 4.90 Å². The fourth-order valence-corrected chi connectivity index (χ4v) is 2.38. The third-order valence-electron chi connectivity index (χ3n) is 3.36. The zero-order valence-electron chi connectivity index (χ0n) is 11.5. The van der Waals surface area contributed by atoms with Crippen molar-refractivity contribution >= 4 is 17.7 Å². The highest BCUT2D eigenvalue weighted by Gasteiger charge is 2.39. The number of anilines is 1. The fourth-order valence-electron chi connectivity index (χ4n) is 2.38. The molecule has 5 nitrogen and oxygen atoms in total. The summed E-state index contributed by atoms with van der Waals surface area (Å²) in [4.78, 5) is 24.6.